The van der Waals surface area contributed by atoms with Gasteiger partial charge in [-0.2, -0.15) is 0 Å². The van der Waals surface area contributed by atoms with Gasteiger partial charge in [-0.15, -0.1) is 11.3 Å². The van der Waals surface area contributed by atoms with Crippen molar-refractivity contribution in [1.82, 2.24) is 4.98 Å². The van der Waals surface area contributed by atoms with Crippen LogP contribution in [0.2, 0.25) is 0 Å². The molecule has 0 saturated heterocycles. The van der Waals surface area contributed by atoms with E-state index in [4.69, 9.17) is 15.6 Å². The van der Waals surface area contributed by atoms with E-state index < -0.39 is 12.0 Å². The fourth-order valence-electron chi connectivity index (χ4n) is 1.26. The Morgan fingerprint density at radius 1 is 1.76 bits per heavy atom. The first-order valence-electron chi connectivity index (χ1n) is 5.20. The number of thiazole rings is 1. The zero-order valence-electron chi connectivity index (χ0n) is 9.92. The van der Waals surface area contributed by atoms with E-state index in [1.807, 2.05) is 11.9 Å². The molecule has 1 aromatic heterocycles. The van der Waals surface area contributed by atoms with E-state index in [0.29, 0.717) is 12.3 Å². The van der Waals surface area contributed by atoms with E-state index in [1.54, 1.807) is 12.5 Å². The molecule has 0 amide bonds. The van der Waals surface area contributed by atoms with Crippen LogP contribution in [-0.4, -0.2) is 43.4 Å². The van der Waals surface area contributed by atoms with Gasteiger partial charge in [0.15, 0.2) is 5.13 Å². The minimum Gasteiger partial charge on any atom is -0.480 e. The molecule has 17 heavy (non-hydrogen) atoms. The van der Waals surface area contributed by atoms with Crippen LogP contribution in [-0.2, 0) is 9.53 Å². The molecule has 1 heterocycles. The van der Waals surface area contributed by atoms with E-state index in [-0.39, 0.29) is 0 Å². The van der Waals surface area contributed by atoms with Crippen LogP contribution in [0, 0.1) is 0 Å². The summed E-state index contributed by atoms with van der Waals surface area (Å²) in [5.41, 5.74) is 5.88. The summed E-state index contributed by atoms with van der Waals surface area (Å²) in [5.74, 6) is -1.07. The van der Waals surface area contributed by atoms with Crippen molar-refractivity contribution in [3.63, 3.8) is 0 Å². The number of ether oxygens (including phenoxy) is 1. The zero-order valence-corrected chi connectivity index (χ0v) is 10.7. The van der Waals surface area contributed by atoms with Crippen molar-refractivity contribution in [1.29, 1.82) is 0 Å². The average molecular weight is 259 g/mol. The molecule has 0 aliphatic rings. The number of carbonyl (C=O) groups is 1. The lowest BCUT2D eigenvalue weighted by atomic mass is 10.2. The highest BCUT2D eigenvalue weighted by atomic mass is 32.1. The second kappa shape index (κ2) is 6.53. The first kappa shape index (κ1) is 13.9. The molecule has 0 saturated carbocycles. The Labute approximate surface area is 104 Å². The number of aromatic nitrogens is 1. The normalized spacial score (nSPS) is 12.4. The lowest BCUT2D eigenvalue weighted by molar-refractivity contribution is -0.138. The number of rotatable bonds is 7. The standard InChI is InChI=1S/C10H17N3O3S/c1-13(4-3-5-16-2)10-12-7(6-17-10)8(11)9(14)15/h6,8H,3-5,11H2,1-2H3,(H,14,15). The number of nitrogens with zero attached hydrogens (tertiary/aromatic N) is 2. The maximum atomic E-state index is 10.7. The summed E-state index contributed by atoms with van der Waals surface area (Å²) in [7, 11) is 3.57. The molecule has 0 bridgehead atoms. The second-order valence-corrected chi connectivity index (χ2v) is 4.48. The summed E-state index contributed by atoms with van der Waals surface area (Å²) < 4.78 is 4.96. The molecule has 7 heteroatoms. The summed E-state index contributed by atoms with van der Waals surface area (Å²) >= 11 is 1.39. The van der Waals surface area contributed by atoms with Crippen molar-refractivity contribution in [3.05, 3.63) is 11.1 Å². The highest BCUT2D eigenvalue weighted by molar-refractivity contribution is 7.13. The van der Waals surface area contributed by atoms with Gasteiger partial charge in [-0.3, -0.25) is 4.79 Å². The lowest BCUT2D eigenvalue weighted by Gasteiger charge is -2.15. The van der Waals surface area contributed by atoms with Gasteiger partial charge in [0.2, 0.25) is 0 Å². The van der Waals surface area contributed by atoms with Gasteiger partial charge in [0.05, 0.1) is 5.69 Å². The number of anilines is 1. The van der Waals surface area contributed by atoms with Gasteiger partial charge in [0, 0.05) is 32.7 Å². The number of nitrogens with two attached hydrogens (primary N) is 1. The molecule has 0 aliphatic carbocycles. The number of carboxylic acid groups (broad SMARTS) is 1. The number of hydrogen-bond acceptors (Lipinski definition) is 6. The van der Waals surface area contributed by atoms with E-state index in [9.17, 15) is 4.79 Å². The molecule has 0 aromatic carbocycles. The van der Waals surface area contributed by atoms with Gasteiger partial charge in [0.25, 0.3) is 0 Å². The SMILES string of the molecule is COCCCN(C)c1nc(C(N)C(=O)O)cs1. The molecular weight excluding hydrogens is 242 g/mol. The predicted octanol–water partition coefficient (Wildman–Crippen LogP) is 0.700. The van der Waals surface area contributed by atoms with Crippen LogP contribution in [0.15, 0.2) is 5.38 Å². The van der Waals surface area contributed by atoms with Crippen LogP contribution < -0.4 is 10.6 Å². The zero-order chi connectivity index (χ0) is 12.8. The van der Waals surface area contributed by atoms with E-state index in [0.717, 1.165) is 18.1 Å². The fourth-order valence-corrected chi connectivity index (χ4v) is 2.12. The second-order valence-electron chi connectivity index (χ2n) is 3.64. The molecule has 1 unspecified atom stereocenters. The Bertz CT molecular complexity index is 369. The van der Waals surface area contributed by atoms with Crippen LogP contribution in [0.25, 0.3) is 0 Å². The molecule has 3 N–H and O–H groups in total. The van der Waals surface area contributed by atoms with E-state index in [2.05, 4.69) is 4.98 Å². The number of carboxylic acids is 1. The quantitative estimate of drug-likeness (QED) is 0.701. The van der Waals surface area contributed by atoms with Crippen LogP contribution in [0.4, 0.5) is 5.13 Å². The highest BCUT2D eigenvalue weighted by Gasteiger charge is 2.18. The van der Waals surface area contributed by atoms with Gasteiger partial charge in [0.1, 0.15) is 6.04 Å². The Balaban J connectivity index is 2.58. The third-order valence-electron chi connectivity index (χ3n) is 2.26. The smallest absolute Gasteiger partial charge is 0.326 e. The Kier molecular flexibility index (Phi) is 5.33. The summed E-state index contributed by atoms with van der Waals surface area (Å²) in [6.07, 6.45) is 0.896. The average Bonchev–Trinajstić information content (AvgIpc) is 2.77. The third-order valence-corrected chi connectivity index (χ3v) is 3.24. The van der Waals surface area contributed by atoms with Gasteiger partial charge >= 0.3 is 5.97 Å². The first-order valence-corrected chi connectivity index (χ1v) is 6.08. The summed E-state index contributed by atoms with van der Waals surface area (Å²) in [6, 6.07) is -1.05. The van der Waals surface area contributed by atoms with Crippen molar-refractivity contribution in [3.8, 4) is 0 Å². The van der Waals surface area contributed by atoms with Crippen molar-refractivity contribution < 1.29 is 14.6 Å². The summed E-state index contributed by atoms with van der Waals surface area (Å²) in [4.78, 5) is 16.9. The van der Waals surface area contributed by atoms with Crippen molar-refractivity contribution in [2.24, 2.45) is 5.73 Å². The molecule has 0 radical (unpaired) electrons. The molecule has 0 aliphatic heterocycles. The van der Waals surface area contributed by atoms with Crippen molar-refractivity contribution in [2.75, 3.05) is 32.2 Å². The molecule has 6 nitrogen and oxygen atoms in total. The Hall–Kier alpha value is -1.18. The molecule has 0 spiro atoms. The minimum absolute atomic E-state index is 0.399. The van der Waals surface area contributed by atoms with Crippen LogP contribution in [0.3, 0.4) is 0 Å². The van der Waals surface area contributed by atoms with E-state index >= 15 is 0 Å². The van der Waals surface area contributed by atoms with Gasteiger partial charge in [-0.1, -0.05) is 0 Å². The third kappa shape index (κ3) is 3.95. The summed E-state index contributed by atoms with van der Waals surface area (Å²) in [5, 5.41) is 11.2. The fraction of sp³-hybridized carbons (Fsp3) is 0.600. The van der Waals surface area contributed by atoms with Crippen LogP contribution in [0.5, 0.6) is 0 Å². The van der Waals surface area contributed by atoms with E-state index in [1.165, 1.54) is 11.3 Å². The van der Waals surface area contributed by atoms with Gasteiger partial charge < -0.3 is 20.5 Å². The van der Waals surface area contributed by atoms with Crippen LogP contribution >= 0.6 is 11.3 Å². The van der Waals surface area contributed by atoms with Crippen molar-refractivity contribution in [2.45, 2.75) is 12.5 Å². The van der Waals surface area contributed by atoms with Gasteiger partial charge in [-0.05, 0) is 6.42 Å². The predicted molar refractivity (Wildman–Crippen MR) is 66.4 cm³/mol. The molecule has 1 rings (SSSR count). The topological polar surface area (TPSA) is 88.7 Å². The molecule has 1 aromatic rings. The molecule has 96 valence electrons. The molecular formula is C10H17N3O3S. The van der Waals surface area contributed by atoms with Crippen LogP contribution in [0.1, 0.15) is 18.2 Å². The molecule has 1 atom stereocenters. The number of hydrogen-bond donors (Lipinski definition) is 2. The number of aliphatic carboxylic acids is 1. The summed E-state index contributed by atoms with van der Waals surface area (Å²) in [6.45, 7) is 1.50. The Morgan fingerprint density at radius 3 is 3.06 bits per heavy atom. The monoisotopic (exact) mass is 259 g/mol. The lowest BCUT2D eigenvalue weighted by Crippen LogP contribution is -2.22. The largest absolute Gasteiger partial charge is 0.480 e. The van der Waals surface area contributed by atoms with Gasteiger partial charge in [-0.25, -0.2) is 4.98 Å². The maximum Gasteiger partial charge on any atom is 0.326 e. The minimum atomic E-state index is -1.07. The number of methoxy groups -OCH3 is 1. The maximum absolute atomic E-state index is 10.7. The first-order chi connectivity index (χ1) is 8.06. The van der Waals surface area contributed by atoms with Crippen molar-refractivity contribution >= 4 is 22.4 Å². The Morgan fingerprint density at radius 2 is 2.47 bits per heavy atom. The highest BCUT2D eigenvalue weighted by Crippen LogP contribution is 2.22. The molecule has 0 fully saturated rings.